The lowest BCUT2D eigenvalue weighted by Gasteiger charge is -2.06. The number of halogens is 1. The van der Waals surface area contributed by atoms with Crippen molar-refractivity contribution in [2.24, 2.45) is 0 Å². The highest BCUT2D eigenvalue weighted by Gasteiger charge is 2.15. The van der Waals surface area contributed by atoms with Gasteiger partial charge in [0.05, 0.1) is 5.39 Å². The van der Waals surface area contributed by atoms with E-state index < -0.39 is 0 Å². The average Bonchev–Trinajstić information content (AvgIpc) is 3.05. The van der Waals surface area contributed by atoms with Crippen molar-refractivity contribution in [3.05, 3.63) is 34.9 Å². The summed E-state index contributed by atoms with van der Waals surface area (Å²) in [5, 5.41) is 2.91. The Morgan fingerprint density at radius 2 is 2.05 bits per heavy atom. The van der Waals surface area contributed by atoms with Crippen molar-refractivity contribution in [2.75, 3.05) is 6.79 Å². The fourth-order valence-electron chi connectivity index (χ4n) is 1.93. The zero-order chi connectivity index (χ0) is 13.5. The fourth-order valence-corrected chi connectivity index (χ4v) is 2.90. The molecule has 0 saturated heterocycles. The highest BCUT2D eigenvalue weighted by atomic mass is 35.5. The Labute approximate surface area is 122 Å². The summed E-state index contributed by atoms with van der Waals surface area (Å²) < 4.78 is 16.4. The van der Waals surface area contributed by atoms with E-state index in [0.29, 0.717) is 23.1 Å². The van der Waals surface area contributed by atoms with E-state index >= 15 is 0 Å². The molecular weight excluding hydrogens is 300 g/mol. The second kappa shape index (κ2) is 4.50. The summed E-state index contributed by atoms with van der Waals surface area (Å²) in [6, 6.07) is 7.25. The molecule has 3 heterocycles. The number of thiophene rings is 1. The van der Waals surface area contributed by atoms with Gasteiger partial charge < -0.3 is 14.2 Å². The second-order valence-electron chi connectivity index (χ2n) is 4.05. The maximum Gasteiger partial charge on any atom is 0.232 e. The Morgan fingerprint density at radius 1 is 1.15 bits per heavy atom. The van der Waals surface area contributed by atoms with Crippen LogP contribution < -0.4 is 14.2 Å². The van der Waals surface area contributed by atoms with Gasteiger partial charge in [-0.05, 0) is 35.2 Å². The van der Waals surface area contributed by atoms with Crippen molar-refractivity contribution < 1.29 is 14.2 Å². The number of nitrogens with zero attached hydrogens (tertiary/aromatic N) is 2. The molecule has 0 N–H and O–H groups in total. The Morgan fingerprint density at radius 3 is 3.00 bits per heavy atom. The zero-order valence-corrected chi connectivity index (χ0v) is 11.6. The van der Waals surface area contributed by atoms with E-state index in [1.54, 1.807) is 18.2 Å². The molecule has 2 aromatic heterocycles. The molecule has 100 valence electrons. The Hall–Kier alpha value is -2.05. The molecule has 1 aliphatic rings. The summed E-state index contributed by atoms with van der Waals surface area (Å²) in [4.78, 5) is 9.07. The van der Waals surface area contributed by atoms with Crippen LogP contribution in [0.5, 0.6) is 23.1 Å². The minimum atomic E-state index is 0.163. The topological polar surface area (TPSA) is 53.5 Å². The van der Waals surface area contributed by atoms with Crippen LogP contribution in [0.3, 0.4) is 0 Å². The third kappa shape index (κ3) is 1.93. The van der Waals surface area contributed by atoms with Gasteiger partial charge in [-0.25, -0.2) is 4.98 Å². The molecule has 4 rings (SSSR count). The summed E-state index contributed by atoms with van der Waals surface area (Å²) in [6.07, 6.45) is 0. The van der Waals surface area contributed by atoms with Gasteiger partial charge in [0.1, 0.15) is 10.6 Å². The van der Waals surface area contributed by atoms with Crippen LogP contribution in [0.1, 0.15) is 0 Å². The predicted octanol–water partition coefficient (Wildman–Crippen LogP) is 3.87. The van der Waals surface area contributed by atoms with Gasteiger partial charge in [0.25, 0.3) is 0 Å². The van der Waals surface area contributed by atoms with Crippen LogP contribution in [-0.4, -0.2) is 16.8 Å². The molecule has 0 amide bonds. The zero-order valence-electron chi connectivity index (χ0n) is 10.00. The third-order valence-corrected chi connectivity index (χ3v) is 3.80. The van der Waals surface area contributed by atoms with Crippen molar-refractivity contribution in [3.63, 3.8) is 0 Å². The molecule has 5 nitrogen and oxygen atoms in total. The fraction of sp³-hybridized carbons (Fsp3) is 0.0769. The molecule has 0 aliphatic carbocycles. The summed E-state index contributed by atoms with van der Waals surface area (Å²) in [6.45, 7) is 0.229. The third-order valence-electron chi connectivity index (χ3n) is 2.82. The lowest BCUT2D eigenvalue weighted by Crippen LogP contribution is -1.93. The van der Waals surface area contributed by atoms with Crippen molar-refractivity contribution in [1.82, 2.24) is 9.97 Å². The SMILES string of the molecule is Clc1nc(Oc2ccc3c(c2)OCO3)c2ccsc2n1. The normalized spacial score (nSPS) is 12.8. The molecule has 0 spiro atoms. The Balaban J connectivity index is 1.75. The molecule has 3 aromatic rings. The predicted molar refractivity (Wildman–Crippen MR) is 75.1 cm³/mol. The van der Waals surface area contributed by atoms with Crippen LogP contribution in [0.4, 0.5) is 0 Å². The minimum absolute atomic E-state index is 0.163. The molecule has 0 radical (unpaired) electrons. The van der Waals surface area contributed by atoms with Crippen LogP contribution >= 0.6 is 22.9 Å². The van der Waals surface area contributed by atoms with Gasteiger partial charge in [-0.3, -0.25) is 0 Å². The molecule has 20 heavy (non-hydrogen) atoms. The lowest BCUT2D eigenvalue weighted by molar-refractivity contribution is 0.174. The van der Waals surface area contributed by atoms with E-state index in [4.69, 9.17) is 25.8 Å². The summed E-state index contributed by atoms with van der Waals surface area (Å²) >= 11 is 7.39. The van der Waals surface area contributed by atoms with Crippen molar-refractivity contribution in [3.8, 4) is 23.1 Å². The molecule has 1 aromatic carbocycles. The Kier molecular flexibility index (Phi) is 2.64. The summed E-state index contributed by atoms with van der Waals surface area (Å²) in [5.41, 5.74) is 0. The van der Waals surface area contributed by atoms with Crippen LogP contribution in [0.25, 0.3) is 10.2 Å². The van der Waals surface area contributed by atoms with Crippen molar-refractivity contribution in [2.45, 2.75) is 0 Å². The van der Waals surface area contributed by atoms with E-state index in [9.17, 15) is 0 Å². The van der Waals surface area contributed by atoms with Crippen LogP contribution in [0.2, 0.25) is 5.28 Å². The maximum absolute atomic E-state index is 5.90. The summed E-state index contributed by atoms with van der Waals surface area (Å²) in [7, 11) is 0. The van der Waals surface area contributed by atoms with Crippen LogP contribution in [-0.2, 0) is 0 Å². The average molecular weight is 307 g/mol. The van der Waals surface area contributed by atoms with Gasteiger partial charge in [0.15, 0.2) is 11.5 Å². The van der Waals surface area contributed by atoms with Gasteiger partial charge in [-0.15, -0.1) is 11.3 Å². The molecule has 0 atom stereocenters. The molecule has 0 fully saturated rings. The lowest BCUT2D eigenvalue weighted by atomic mass is 10.3. The van der Waals surface area contributed by atoms with Gasteiger partial charge in [0.2, 0.25) is 18.0 Å². The number of rotatable bonds is 2. The monoisotopic (exact) mass is 306 g/mol. The molecule has 0 bridgehead atoms. The highest BCUT2D eigenvalue weighted by Crippen LogP contribution is 2.38. The second-order valence-corrected chi connectivity index (χ2v) is 5.29. The van der Waals surface area contributed by atoms with Gasteiger partial charge in [-0.1, -0.05) is 0 Å². The Bertz CT molecular complexity index is 805. The van der Waals surface area contributed by atoms with E-state index in [0.717, 1.165) is 10.2 Å². The number of hydrogen-bond acceptors (Lipinski definition) is 6. The largest absolute Gasteiger partial charge is 0.454 e. The van der Waals surface area contributed by atoms with Crippen molar-refractivity contribution in [1.29, 1.82) is 0 Å². The standard InChI is InChI=1S/C13H7ClN2O3S/c14-13-15-11(8-3-4-20-12(8)16-13)19-7-1-2-9-10(5-7)18-6-17-9/h1-5H,6H2. The number of aromatic nitrogens is 2. The first-order valence-electron chi connectivity index (χ1n) is 5.78. The first kappa shape index (κ1) is 11.7. The number of benzene rings is 1. The smallest absolute Gasteiger partial charge is 0.232 e. The molecular formula is C13H7ClN2O3S. The van der Waals surface area contributed by atoms with E-state index in [-0.39, 0.29) is 12.1 Å². The molecule has 0 unspecified atom stereocenters. The molecule has 1 aliphatic heterocycles. The summed E-state index contributed by atoms with van der Waals surface area (Å²) in [5.74, 6) is 2.40. The van der Waals surface area contributed by atoms with Crippen LogP contribution in [0.15, 0.2) is 29.6 Å². The van der Waals surface area contributed by atoms with Gasteiger partial charge in [-0.2, -0.15) is 4.98 Å². The van der Waals surface area contributed by atoms with Gasteiger partial charge in [0, 0.05) is 6.07 Å². The first-order chi connectivity index (χ1) is 9.79. The highest BCUT2D eigenvalue weighted by molar-refractivity contribution is 7.16. The van der Waals surface area contributed by atoms with Crippen LogP contribution in [0, 0.1) is 0 Å². The first-order valence-corrected chi connectivity index (χ1v) is 7.03. The molecule has 7 heteroatoms. The quantitative estimate of drug-likeness (QED) is 0.673. The van der Waals surface area contributed by atoms with E-state index in [1.165, 1.54) is 11.3 Å². The number of fused-ring (bicyclic) bond motifs is 2. The maximum atomic E-state index is 5.90. The molecule has 0 saturated carbocycles. The van der Waals surface area contributed by atoms with Gasteiger partial charge >= 0.3 is 0 Å². The number of hydrogen-bond donors (Lipinski definition) is 0. The van der Waals surface area contributed by atoms with E-state index in [1.807, 2.05) is 11.4 Å². The minimum Gasteiger partial charge on any atom is -0.454 e. The number of ether oxygens (including phenoxy) is 3. The van der Waals surface area contributed by atoms with Crippen molar-refractivity contribution >= 4 is 33.2 Å². The van der Waals surface area contributed by atoms with E-state index in [2.05, 4.69) is 9.97 Å².